The molecule has 5 nitrogen and oxygen atoms in total. The molecule has 0 saturated heterocycles. The number of ether oxygens (including phenoxy) is 1. The van der Waals surface area contributed by atoms with Gasteiger partial charge in [-0.15, -0.1) is 0 Å². The van der Waals surface area contributed by atoms with E-state index < -0.39 is 5.97 Å². The highest BCUT2D eigenvalue weighted by Crippen LogP contribution is 2.31. The number of nitrogens with zero attached hydrogens (tertiary/aromatic N) is 1. The molecule has 3 aromatic rings. The molecule has 0 atom stereocenters. The van der Waals surface area contributed by atoms with Crippen molar-refractivity contribution in [3.63, 3.8) is 0 Å². The molecule has 0 spiro atoms. The predicted octanol–water partition coefficient (Wildman–Crippen LogP) is 4.61. The number of thioether (sulfide) groups is 1. The summed E-state index contributed by atoms with van der Waals surface area (Å²) in [5.74, 6) is -0.407. The molecule has 6 heteroatoms. The smallest absolute Gasteiger partial charge is 0.342 e. The summed E-state index contributed by atoms with van der Waals surface area (Å²) in [5.41, 5.74) is 2.02. The lowest BCUT2D eigenvalue weighted by Crippen LogP contribution is -1.97. The van der Waals surface area contributed by atoms with Gasteiger partial charge in [-0.3, -0.25) is 0 Å². The Labute approximate surface area is 148 Å². The predicted molar refractivity (Wildman–Crippen MR) is 97.6 cm³/mol. The molecule has 0 unspecified atom stereocenters. The summed E-state index contributed by atoms with van der Waals surface area (Å²) in [5, 5.41) is 9.76. The van der Waals surface area contributed by atoms with Gasteiger partial charge in [-0.2, -0.15) is 0 Å². The van der Waals surface area contributed by atoms with Crippen molar-refractivity contribution in [2.75, 3.05) is 6.61 Å². The molecule has 1 heterocycles. The largest absolute Gasteiger partial charge is 0.490 e. The van der Waals surface area contributed by atoms with Crippen LogP contribution in [0.4, 0.5) is 0 Å². The zero-order valence-corrected chi connectivity index (χ0v) is 14.0. The quantitative estimate of drug-likeness (QED) is 0.380. The number of fused-ring (bicyclic) bond motifs is 1. The van der Waals surface area contributed by atoms with Crippen molar-refractivity contribution in [2.45, 2.75) is 5.22 Å². The van der Waals surface area contributed by atoms with Gasteiger partial charge in [0.1, 0.15) is 22.8 Å². The van der Waals surface area contributed by atoms with Crippen LogP contribution in [0.1, 0.15) is 5.56 Å². The van der Waals surface area contributed by atoms with Gasteiger partial charge in [0.05, 0.1) is 0 Å². The average Bonchev–Trinajstić information content (AvgIpc) is 3.02. The molecule has 1 N–H and O–H groups in total. The summed E-state index contributed by atoms with van der Waals surface area (Å²) in [6.07, 6.45) is 3.21. The molecule has 126 valence electrons. The molecule has 0 bridgehead atoms. The third-order valence-corrected chi connectivity index (χ3v) is 4.07. The number of benzene rings is 2. The Balaban J connectivity index is 1.86. The highest BCUT2D eigenvalue weighted by atomic mass is 32.2. The van der Waals surface area contributed by atoms with E-state index in [-0.39, 0.29) is 10.1 Å². The first-order chi connectivity index (χ1) is 12.2. The summed E-state index contributed by atoms with van der Waals surface area (Å²) in [4.78, 5) is 16.0. The molecule has 2 aromatic carbocycles. The lowest BCUT2D eigenvalue weighted by Gasteiger charge is -2.04. The van der Waals surface area contributed by atoms with E-state index in [0.717, 1.165) is 11.8 Å². The van der Waals surface area contributed by atoms with Crippen LogP contribution in [0.3, 0.4) is 0 Å². The molecule has 0 radical (unpaired) electrons. The van der Waals surface area contributed by atoms with Crippen LogP contribution in [-0.2, 0) is 4.79 Å². The second kappa shape index (κ2) is 7.72. The summed E-state index contributed by atoms with van der Waals surface area (Å²) in [6.45, 7) is 3.98. The number of hydrogen-bond donors (Lipinski definition) is 1. The van der Waals surface area contributed by atoms with Crippen molar-refractivity contribution in [1.82, 2.24) is 4.98 Å². The Kier molecular flexibility index (Phi) is 5.20. The normalized spacial score (nSPS) is 11.4. The summed E-state index contributed by atoms with van der Waals surface area (Å²) < 4.78 is 11.0. The Morgan fingerprint density at radius 3 is 2.88 bits per heavy atom. The highest BCUT2D eigenvalue weighted by molar-refractivity contribution is 8.03. The Morgan fingerprint density at radius 2 is 2.12 bits per heavy atom. The van der Waals surface area contributed by atoms with E-state index in [9.17, 15) is 9.90 Å². The molecule has 0 saturated carbocycles. The molecule has 0 aliphatic rings. The van der Waals surface area contributed by atoms with Crippen molar-refractivity contribution in [1.29, 1.82) is 0 Å². The number of carbonyl (C=O) groups is 1. The van der Waals surface area contributed by atoms with Crippen LogP contribution >= 0.6 is 11.8 Å². The second-order valence-corrected chi connectivity index (χ2v) is 6.03. The van der Waals surface area contributed by atoms with Crippen LogP contribution in [0.25, 0.3) is 17.2 Å². The van der Waals surface area contributed by atoms with E-state index in [4.69, 9.17) is 9.15 Å². The lowest BCUT2D eigenvalue weighted by molar-refractivity contribution is -0.131. The van der Waals surface area contributed by atoms with Gasteiger partial charge in [0.15, 0.2) is 5.58 Å². The van der Waals surface area contributed by atoms with Crippen LogP contribution in [0.5, 0.6) is 5.75 Å². The zero-order chi connectivity index (χ0) is 17.6. The Hall–Kier alpha value is -2.99. The van der Waals surface area contributed by atoms with Gasteiger partial charge >= 0.3 is 5.97 Å². The van der Waals surface area contributed by atoms with Gasteiger partial charge in [0.2, 0.25) is 0 Å². The third kappa shape index (κ3) is 4.30. The van der Waals surface area contributed by atoms with Crippen LogP contribution < -0.4 is 4.74 Å². The minimum Gasteiger partial charge on any atom is -0.490 e. The van der Waals surface area contributed by atoms with Crippen LogP contribution in [0.15, 0.2) is 75.7 Å². The van der Waals surface area contributed by atoms with Crippen molar-refractivity contribution in [2.24, 2.45) is 0 Å². The Bertz CT molecular complexity index is 912. The third-order valence-electron chi connectivity index (χ3n) is 3.21. The number of carboxylic acids is 1. The number of carboxylic acid groups (broad SMARTS) is 1. The number of rotatable bonds is 7. The van der Waals surface area contributed by atoms with E-state index in [1.165, 1.54) is 0 Å². The standard InChI is InChI=1S/C19H15NO4S/c1-2-10-23-14-7-5-6-13(11-14)12-17(18(21)22)25-19-20-15-8-3-4-9-16(15)24-19/h2-9,11-12H,1,10H2,(H,21,22)/b17-12+. The minimum atomic E-state index is -1.05. The van der Waals surface area contributed by atoms with E-state index >= 15 is 0 Å². The fraction of sp³-hybridized carbons (Fsp3) is 0.0526. The van der Waals surface area contributed by atoms with Gasteiger partial charge in [0.25, 0.3) is 5.22 Å². The van der Waals surface area contributed by atoms with Crippen molar-refractivity contribution < 1.29 is 19.1 Å². The maximum atomic E-state index is 11.6. The maximum absolute atomic E-state index is 11.6. The number of para-hydroxylation sites is 2. The van der Waals surface area contributed by atoms with Crippen molar-refractivity contribution in [3.05, 3.63) is 71.7 Å². The minimum absolute atomic E-state index is 0.104. The fourth-order valence-electron chi connectivity index (χ4n) is 2.12. The van der Waals surface area contributed by atoms with E-state index in [1.54, 1.807) is 42.5 Å². The monoisotopic (exact) mass is 353 g/mol. The maximum Gasteiger partial charge on any atom is 0.342 e. The van der Waals surface area contributed by atoms with Crippen molar-refractivity contribution >= 4 is 34.9 Å². The molecule has 0 fully saturated rings. The highest BCUT2D eigenvalue weighted by Gasteiger charge is 2.14. The molecular formula is C19H15NO4S. The number of oxazole rings is 1. The SMILES string of the molecule is C=CCOc1cccc(/C=C(/Sc2nc3ccccc3o2)C(=O)O)c1. The molecule has 0 amide bonds. The zero-order valence-electron chi connectivity index (χ0n) is 13.2. The van der Waals surface area contributed by atoms with Gasteiger partial charge in [-0.05, 0) is 47.7 Å². The summed E-state index contributed by atoms with van der Waals surface area (Å²) in [6, 6.07) is 14.5. The first-order valence-corrected chi connectivity index (χ1v) is 8.29. The molecule has 1 aromatic heterocycles. The van der Waals surface area contributed by atoms with E-state index in [1.807, 2.05) is 18.2 Å². The van der Waals surface area contributed by atoms with Gasteiger partial charge in [-0.1, -0.05) is 36.9 Å². The van der Waals surface area contributed by atoms with Gasteiger partial charge in [0, 0.05) is 0 Å². The topological polar surface area (TPSA) is 72.6 Å². The molecule has 3 rings (SSSR count). The molecule has 0 aliphatic carbocycles. The average molecular weight is 353 g/mol. The molecule has 0 aliphatic heterocycles. The molecule has 25 heavy (non-hydrogen) atoms. The first kappa shape index (κ1) is 16.9. The first-order valence-electron chi connectivity index (χ1n) is 7.48. The summed E-state index contributed by atoms with van der Waals surface area (Å²) >= 11 is 0.968. The van der Waals surface area contributed by atoms with E-state index in [0.29, 0.717) is 29.0 Å². The van der Waals surface area contributed by atoms with Crippen molar-refractivity contribution in [3.8, 4) is 5.75 Å². The number of aliphatic carboxylic acids is 1. The van der Waals surface area contributed by atoms with Crippen LogP contribution in [-0.4, -0.2) is 22.7 Å². The summed E-state index contributed by atoms with van der Waals surface area (Å²) in [7, 11) is 0. The number of hydrogen-bond acceptors (Lipinski definition) is 5. The number of aromatic nitrogens is 1. The van der Waals surface area contributed by atoms with E-state index in [2.05, 4.69) is 11.6 Å². The van der Waals surface area contributed by atoms with Gasteiger partial charge in [-0.25, -0.2) is 9.78 Å². The van der Waals surface area contributed by atoms with Gasteiger partial charge < -0.3 is 14.3 Å². The van der Waals surface area contributed by atoms with Crippen LogP contribution in [0, 0.1) is 0 Å². The Morgan fingerprint density at radius 1 is 1.28 bits per heavy atom. The lowest BCUT2D eigenvalue weighted by atomic mass is 10.2. The fourth-order valence-corrected chi connectivity index (χ4v) is 2.87. The second-order valence-electron chi connectivity index (χ2n) is 5.04. The molecular weight excluding hydrogens is 338 g/mol. The van der Waals surface area contributed by atoms with Crippen LogP contribution in [0.2, 0.25) is 0 Å².